The zero-order chi connectivity index (χ0) is 17.1. The second kappa shape index (κ2) is 6.89. The summed E-state index contributed by atoms with van der Waals surface area (Å²) >= 11 is 0. The zero-order valence-electron chi connectivity index (χ0n) is 14.0. The van der Waals surface area contributed by atoms with Crippen LogP contribution in [-0.4, -0.2) is 10.9 Å². The summed E-state index contributed by atoms with van der Waals surface area (Å²) < 4.78 is 0. The summed E-state index contributed by atoms with van der Waals surface area (Å²) in [6, 6.07) is 20.4. The van der Waals surface area contributed by atoms with Crippen LogP contribution < -0.4 is 5.32 Å². The number of nitrogens with one attached hydrogen (secondary N) is 1. The summed E-state index contributed by atoms with van der Waals surface area (Å²) in [7, 11) is 0. The number of hydrogen-bond acceptors (Lipinski definition) is 2. The Morgan fingerprint density at radius 1 is 1.04 bits per heavy atom. The molecule has 0 aliphatic heterocycles. The second-order valence-corrected chi connectivity index (χ2v) is 6.41. The maximum atomic E-state index is 12.3. The fourth-order valence-electron chi connectivity index (χ4n) is 3.46. The largest absolute Gasteiger partial charge is 0.346 e. The van der Waals surface area contributed by atoms with E-state index in [9.17, 15) is 4.79 Å². The molecule has 1 unspecified atom stereocenters. The molecule has 1 amide bonds. The molecule has 0 radical (unpaired) electrons. The third kappa shape index (κ3) is 3.45. The highest BCUT2D eigenvalue weighted by molar-refractivity contribution is 5.92. The van der Waals surface area contributed by atoms with Gasteiger partial charge in [0.2, 0.25) is 5.91 Å². The Kier molecular flexibility index (Phi) is 4.30. The van der Waals surface area contributed by atoms with Crippen molar-refractivity contribution >= 4 is 22.9 Å². The van der Waals surface area contributed by atoms with Crippen LogP contribution in [0.5, 0.6) is 0 Å². The molecule has 1 atom stereocenters. The summed E-state index contributed by atoms with van der Waals surface area (Å²) in [5.74, 6) is -0.0725. The molecule has 2 aromatic carbocycles. The molecular formula is C22H20N2O. The molecule has 1 aromatic heterocycles. The number of pyridine rings is 1. The lowest BCUT2D eigenvalue weighted by Gasteiger charge is -2.25. The van der Waals surface area contributed by atoms with E-state index in [4.69, 9.17) is 0 Å². The van der Waals surface area contributed by atoms with Gasteiger partial charge in [0.15, 0.2) is 0 Å². The van der Waals surface area contributed by atoms with Gasteiger partial charge in [0.25, 0.3) is 0 Å². The number of rotatable bonds is 3. The lowest BCUT2D eigenvalue weighted by atomic mass is 9.88. The molecule has 3 heteroatoms. The fourth-order valence-corrected chi connectivity index (χ4v) is 3.46. The van der Waals surface area contributed by atoms with Crippen molar-refractivity contribution in [2.75, 3.05) is 0 Å². The van der Waals surface area contributed by atoms with Gasteiger partial charge in [-0.25, -0.2) is 4.98 Å². The number of aryl methyl sites for hydroxylation is 1. The van der Waals surface area contributed by atoms with Crippen LogP contribution in [0.25, 0.3) is 17.0 Å². The van der Waals surface area contributed by atoms with Gasteiger partial charge in [0, 0.05) is 11.5 Å². The Balaban J connectivity index is 1.47. The molecule has 0 bridgehead atoms. The van der Waals surface area contributed by atoms with Crippen molar-refractivity contribution in [3.8, 4) is 0 Å². The van der Waals surface area contributed by atoms with E-state index in [2.05, 4.69) is 28.5 Å². The minimum absolute atomic E-state index is 0.0725. The van der Waals surface area contributed by atoms with E-state index in [1.54, 1.807) is 12.2 Å². The van der Waals surface area contributed by atoms with E-state index < -0.39 is 0 Å². The van der Waals surface area contributed by atoms with E-state index in [0.29, 0.717) is 0 Å². The second-order valence-electron chi connectivity index (χ2n) is 6.41. The Morgan fingerprint density at radius 3 is 2.84 bits per heavy atom. The molecule has 1 aliphatic rings. The van der Waals surface area contributed by atoms with Crippen LogP contribution in [0.1, 0.15) is 35.7 Å². The van der Waals surface area contributed by atoms with Gasteiger partial charge in [-0.3, -0.25) is 4.79 Å². The van der Waals surface area contributed by atoms with Gasteiger partial charge >= 0.3 is 0 Å². The summed E-state index contributed by atoms with van der Waals surface area (Å²) in [4.78, 5) is 16.9. The third-order valence-corrected chi connectivity index (χ3v) is 4.71. The van der Waals surface area contributed by atoms with E-state index in [1.807, 2.05) is 42.5 Å². The van der Waals surface area contributed by atoms with Gasteiger partial charge in [0.05, 0.1) is 17.3 Å². The normalized spacial score (nSPS) is 16.7. The summed E-state index contributed by atoms with van der Waals surface area (Å²) in [5.41, 5.74) is 4.32. The molecule has 3 nitrogen and oxygen atoms in total. The molecule has 0 saturated heterocycles. The van der Waals surface area contributed by atoms with Crippen molar-refractivity contribution in [1.29, 1.82) is 0 Å². The number of carbonyl (C=O) groups is 1. The number of para-hydroxylation sites is 1. The summed E-state index contributed by atoms with van der Waals surface area (Å²) in [6.07, 6.45) is 6.55. The van der Waals surface area contributed by atoms with E-state index in [1.165, 1.54) is 11.1 Å². The Morgan fingerprint density at radius 2 is 1.88 bits per heavy atom. The first-order chi connectivity index (χ1) is 12.3. The van der Waals surface area contributed by atoms with Crippen molar-refractivity contribution in [2.24, 2.45) is 0 Å². The lowest BCUT2D eigenvalue weighted by Crippen LogP contribution is -2.29. The fraction of sp³-hybridized carbons (Fsp3) is 0.182. The number of fused-ring (bicyclic) bond motifs is 2. The van der Waals surface area contributed by atoms with Gasteiger partial charge < -0.3 is 5.32 Å². The highest BCUT2D eigenvalue weighted by Gasteiger charge is 2.20. The standard InChI is InChI=1S/C22H20N2O/c25-22(24-21-11-5-8-16-6-1-3-9-19(16)21)15-14-18-13-12-17-7-2-4-10-20(17)23-18/h1-4,6-7,9-10,12-15,21H,5,8,11H2,(H,24,25)/b15-14+. The average Bonchev–Trinajstić information content (AvgIpc) is 2.66. The van der Waals surface area contributed by atoms with Crippen molar-refractivity contribution in [3.05, 3.63) is 83.6 Å². The summed E-state index contributed by atoms with van der Waals surface area (Å²) in [6.45, 7) is 0. The van der Waals surface area contributed by atoms with Crippen LogP contribution in [0.2, 0.25) is 0 Å². The summed E-state index contributed by atoms with van der Waals surface area (Å²) in [5, 5.41) is 4.23. The molecule has 1 N–H and O–H groups in total. The first kappa shape index (κ1) is 15.6. The van der Waals surface area contributed by atoms with Crippen molar-refractivity contribution in [3.63, 3.8) is 0 Å². The van der Waals surface area contributed by atoms with Crippen LogP contribution in [0.15, 0.2) is 66.7 Å². The SMILES string of the molecule is O=C(/C=C/c1ccc2ccccc2n1)NC1CCCc2ccccc21. The number of hydrogen-bond donors (Lipinski definition) is 1. The molecule has 0 spiro atoms. The van der Waals surface area contributed by atoms with Crippen LogP contribution in [0.4, 0.5) is 0 Å². The monoisotopic (exact) mass is 328 g/mol. The minimum atomic E-state index is -0.0725. The maximum Gasteiger partial charge on any atom is 0.244 e. The van der Waals surface area contributed by atoms with Gasteiger partial charge in [-0.2, -0.15) is 0 Å². The van der Waals surface area contributed by atoms with Crippen molar-refractivity contribution in [2.45, 2.75) is 25.3 Å². The van der Waals surface area contributed by atoms with Crippen molar-refractivity contribution < 1.29 is 4.79 Å². The van der Waals surface area contributed by atoms with Gasteiger partial charge in [0.1, 0.15) is 0 Å². The maximum absolute atomic E-state index is 12.3. The van der Waals surface area contributed by atoms with E-state index in [0.717, 1.165) is 35.9 Å². The smallest absolute Gasteiger partial charge is 0.244 e. The molecular weight excluding hydrogens is 308 g/mol. The van der Waals surface area contributed by atoms with E-state index in [-0.39, 0.29) is 11.9 Å². The average molecular weight is 328 g/mol. The first-order valence-corrected chi connectivity index (χ1v) is 8.72. The Bertz CT molecular complexity index is 945. The number of nitrogens with zero attached hydrogens (tertiary/aromatic N) is 1. The van der Waals surface area contributed by atoms with Crippen molar-refractivity contribution in [1.82, 2.24) is 10.3 Å². The van der Waals surface area contributed by atoms with E-state index >= 15 is 0 Å². The highest BCUT2D eigenvalue weighted by atomic mass is 16.1. The highest BCUT2D eigenvalue weighted by Crippen LogP contribution is 2.29. The quantitative estimate of drug-likeness (QED) is 0.722. The van der Waals surface area contributed by atoms with Gasteiger partial charge in [-0.15, -0.1) is 0 Å². The Labute approximate surface area is 147 Å². The first-order valence-electron chi connectivity index (χ1n) is 8.72. The van der Waals surface area contributed by atoms with Crippen LogP contribution >= 0.6 is 0 Å². The van der Waals surface area contributed by atoms with Crippen LogP contribution in [0.3, 0.4) is 0 Å². The number of aromatic nitrogens is 1. The molecule has 1 heterocycles. The number of carbonyl (C=O) groups excluding carboxylic acids is 1. The molecule has 0 saturated carbocycles. The van der Waals surface area contributed by atoms with Gasteiger partial charge in [-0.1, -0.05) is 48.5 Å². The number of benzene rings is 2. The lowest BCUT2D eigenvalue weighted by molar-refractivity contribution is -0.117. The predicted octanol–water partition coefficient (Wildman–Crippen LogP) is 4.44. The molecule has 0 fully saturated rings. The minimum Gasteiger partial charge on any atom is -0.346 e. The topological polar surface area (TPSA) is 42.0 Å². The number of amides is 1. The molecule has 4 rings (SSSR count). The predicted molar refractivity (Wildman–Crippen MR) is 101 cm³/mol. The molecule has 1 aliphatic carbocycles. The zero-order valence-corrected chi connectivity index (χ0v) is 14.0. The molecule has 124 valence electrons. The van der Waals surface area contributed by atoms with Crippen LogP contribution in [-0.2, 0) is 11.2 Å². The molecule has 25 heavy (non-hydrogen) atoms. The molecule has 3 aromatic rings. The van der Waals surface area contributed by atoms with Gasteiger partial charge in [-0.05, 0) is 48.6 Å². The Hall–Kier alpha value is -2.94. The van der Waals surface area contributed by atoms with Crippen LogP contribution in [0, 0.1) is 0 Å². The third-order valence-electron chi connectivity index (χ3n) is 4.71.